The third kappa shape index (κ3) is 5.28. The summed E-state index contributed by atoms with van der Waals surface area (Å²) in [6.07, 6.45) is -3.19. The Kier molecular flexibility index (Phi) is 5.93. The number of rotatable bonds is 5. The molecule has 1 amide bonds. The van der Waals surface area contributed by atoms with E-state index in [1.54, 1.807) is 6.07 Å². The summed E-state index contributed by atoms with van der Waals surface area (Å²) < 4.78 is 42.0. The molecule has 0 radical (unpaired) electrons. The average Bonchev–Trinajstić information content (AvgIpc) is 2.44. The van der Waals surface area contributed by atoms with Crippen LogP contribution in [0.3, 0.4) is 0 Å². The van der Waals surface area contributed by atoms with Crippen LogP contribution in [-0.2, 0) is 15.7 Å². The fraction of sp³-hybridized carbons (Fsp3) is 0.286. The first kappa shape index (κ1) is 16.7. The van der Waals surface area contributed by atoms with Crippen molar-refractivity contribution in [3.05, 3.63) is 41.0 Å². The number of ether oxygens (including phenoxy) is 1. The van der Waals surface area contributed by atoms with Gasteiger partial charge in [0.25, 0.3) is 5.91 Å². The van der Waals surface area contributed by atoms with Gasteiger partial charge in [0.1, 0.15) is 11.6 Å². The van der Waals surface area contributed by atoms with E-state index in [4.69, 9.17) is 10.00 Å². The number of hydrogen-bond donors (Lipinski definition) is 1. The van der Waals surface area contributed by atoms with Gasteiger partial charge in [0.2, 0.25) is 0 Å². The first-order valence-corrected chi connectivity index (χ1v) is 5.94. The van der Waals surface area contributed by atoms with Crippen molar-refractivity contribution in [3.63, 3.8) is 0 Å². The van der Waals surface area contributed by atoms with Crippen molar-refractivity contribution in [1.29, 1.82) is 5.26 Å². The van der Waals surface area contributed by atoms with Gasteiger partial charge in [0, 0.05) is 13.7 Å². The smallest absolute Gasteiger partial charge is 0.383 e. The van der Waals surface area contributed by atoms with E-state index in [0.717, 1.165) is 12.1 Å². The molecule has 0 aromatic heterocycles. The molecule has 112 valence electrons. The van der Waals surface area contributed by atoms with Gasteiger partial charge in [-0.2, -0.15) is 18.4 Å². The molecule has 1 aromatic carbocycles. The summed E-state index contributed by atoms with van der Waals surface area (Å²) in [6.45, 7) is 0.534. The highest BCUT2D eigenvalue weighted by Gasteiger charge is 2.29. The standard InChI is InChI=1S/C14H13F3N2O2/c1-21-7-6-19-13(20)11(9-18)8-10-2-4-12(5-3-10)14(15,16)17/h2-5,8H,6-7H2,1H3,(H,19,20)/b11-8-. The molecule has 0 fully saturated rings. The first-order chi connectivity index (χ1) is 9.88. The third-order valence-corrected chi connectivity index (χ3v) is 2.51. The minimum absolute atomic E-state index is 0.189. The highest BCUT2D eigenvalue weighted by molar-refractivity contribution is 6.01. The fourth-order valence-corrected chi connectivity index (χ4v) is 1.45. The van der Waals surface area contributed by atoms with E-state index in [9.17, 15) is 18.0 Å². The van der Waals surface area contributed by atoms with E-state index in [1.807, 2.05) is 0 Å². The molecule has 0 bridgehead atoms. The minimum Gasteiger partial charge on any atom is -0.383 e. The number of carbonyl (C=O) groups excluding carboxylic acids is 1. The quantitative estimate of drug-likeness (QED) is 0.516. The molecule has 1 aromatic rings. The number of halogens is 3. The third-order valence-electron chi connectivity index (χ3n) is 2.51. The lowest BCUT2D eigenvalue weighted by Gasteiger charge is -2.06. The number of benzene rings is 1. The minimum atomic E-state index is -4.42. The van der Waals surface area contributed by atoms with Crippen molar-refractivity contribution in [2.45, 2.75) is 6.18 Å². The zero-order valence-corrected chi connectivity index (χ0v) is 11.2. The molecule has 1 rings (SSSR count). The largest absolute Gasteiger partial charge is 0.416 e. The van der Waals surface area contributed by atoms with E-state index < -0.39 is 17.6 Å². The van der Waals surface area contributed by atoms with E-state index in [-0.39, 0.29) is 12.1 Å². The van der Waals surface area contributed by atoms with E-state index in [2.05, 4.69) is 5.32 Å². The maximum absolute atomic E-state index is 12.4. The zero-order chi connectivity index (χ0) is 15.9. The molecule has 0 aliphatic rings. The number of amides is 1. The summed E-state index contributed by atoms with van der Waals surface area (Å²) in [6, 6.07) is 5.89. The predicted octanol–water partition coefficient (Wildman–Crippen LogP) is 2.37. The van der Waals surface area contributed by atoms with Crippen molar-refractivity contribution in [3.8, 4) is 6.07 Å². The number of nitrogens with one attached hydrogen (secondary N) is 1. The van der Waals surface area contributed by atoms with Gasteiger partial charge in [-0.25, -0.2) is 0 Å². The molecule has 7 heteroatoms. The van der Waals surface area contributed by atoms with Crippen molar-refractivity contribution in [2.75, 3.05) is 20.3 Å². The van der Waals surface area contributed by atoms with Gasteiger partial charge < -0.3 is 10.1 Å². The van der Waals surface area contributed by atoms with Crippen LogP contribution in [0.15, 0.2) is 29.8 Å². The average molecular weight is 298 g/mol. The molecule has 21 heavy (non-hydrogen) atoms. The summed E-state index contributed by atoms with van der Waals surface area (Å²) in [5.74, 6) is -0.602. The number of methoxy groups -OCH3 is 1. The molecule has 0 aliphatic carbocycles. The Labute approximate surface area is 119 Å². The Morgan fingerprint density at radius 3 is 2.48 bits per heavy atom. The van der Waals surface area contributed by atoms with Crippen LogP contribution >= 0.6 is 0 Å². The molecular weight excluding hydrogens is 285 g/mol. The Bertz CT molecular complexity index is 557. The number of nitriles is 1. The number of carbonyl (C=O) groups is 1. The Balaban J connectivity index is 2.84. The number of nitrogens with zero attached hydrogens (tertiary/aromatic N) is 1. The highest BCUT2D eigenvalue weighted by atomic mass is 19.4. The Morgan fingerprint density at radius 2 is 2.00 bits per heavy atom. The second-order valence-corrected chi connectivity index (χ2v) is 4.04. The fourth-order valence-electron chi connectivity index (χ4n) is 1.45. The highest BCUT2D eigenvalue weighted by Crippen LogP contribution is 2.29. The van der Waals surface area contributed by atoms with Crippen molar-refractivity contribution in [1.82, 2.24) is 5.32 Å². The van der Waals surface area contributed by atoms with Gasteiger partial charge in [0.05, 0.1) is 12.2 Å². The van der Waals surface area contributed by atoms with Crippen LogP contribution < -0.4 is 5.32 Å². The molecule has 0 saturated heterocycles. The van der Waals surface area contributed by atoms with Gasteiger partial charge in [0.15, 0.2) is 0 Å². The Morgan fingerprint density at radius 1 is 1.38 bits per heavy atom. The van der Waals surface area contributed by atoms with Crippen LogP contribution in [-0.4, -0.2) is 26.2 Å². The summed E-state index contributed by atoms with van der Waals surface area (Å²) in [7, 11) is 1.47. The van der Waals surface area contributed by atoms with Gasteiger partial charge in [-0.3, -0.25) is 4.79 Å². The lowest BCUT2D eigenvalue weighted by Crippen LogP contribution is -2.27. The first-order valence-electron chi connectivity index (χ1n) is 5.94. The van der Waals surface area contributed by atoms with E-state index in [1.165, 1.54) is 25.3 Å². The Hall–Kier alpha value is -2.33. The molecule has 0 spiro atoms. The molecule has 0 saturated carbocycles. The molecule has 0 atom stereocenters. The second-order valence-electron chi connectivity index (χ2n) is 4.04. The summed E-state index contributed by atoms with van der Waals surface area (Å²) >= 11 is 0. The number of hydrogen-bond acceptors (Lipinski definition) is 3. The van der Waals surface area contributed by atoms with Crippen LogP contribution in [0.5, 0.6) is 0 Å². The molecule has 1 N–H and O–H groups in total. The SMILES string of the molecule is COCCNC(=O)/C(C#N)=C\c1ccc(C(F)(F)F)cc1. The van der Waals surface area contributed by atoms with E-state index >= 15 is 0 Å². The van der Waals surface area contributed by atoms with Crippen LogP contribution in [0.4, 0.5) is 13.2 Å². The molecular formula is C14H13F3N2O2. The molecule has 0 aliphatic heterocycles. The second kappa shape index (κ2) is 7.45. The van der Waals surface area contributed by atoms with Crippen LogP contribution in [0.2, 0.25) is 0 Å². The van der Waals surface area contributed by atoms with Gasteiger partial charge in [-0.05, 0) is 23.8 Å². The summed E-state index contributed by atoms with van der Waals surface area (Å²) in [4.78, 5) is 11.6. The zero-order valence-electron chi connectivity index (χ0n) is 11.2. The van der Waals surface area contributed by atoms with Gasteiger partial charge in [-0.1, -0.05) is 12.1 Å². The van der Waals surface area contributed by atoms with Crippen molar-refractivity contribution in [2.24, 2.45) is 0 Å². The van der Waals surface area contributed by atoms with Crippen LogP contribution in [0.25, 0.3) is 6.08 Å². The molecule has 0 heterocycles. The predicted molar refractivity (Wildman–Crippen MR) is 69.9 cm³/mol. The van der Waals surface area contributed by atoms with Crippen LogP contribution in [0, 0.1) is 11.3 Å². The van der Waals surface area contributed by atoms with E-state index in [0.29, 0.717) is 12.2 Å². The maximum Gasteiger partial charge on any atom is 0.416 e. The van der Waals surface area contributed by atoms with Gasteiger partial charge in [-0.15, -0.1) is 0 Å². The molecule has 4 nitrogen and oxygen atoms in total. The normalized spacial score (nSPS) is 11.9. The molecule has 0 unspecified atom stereocenters. The topological polar surface area (TPSA) is 62.1 Å². The summed E-state index contributed by atoms with van der Waals surface area (Å²) in [5, 5.41) is 11.4. The number of alkyl halides is 3. The van der Waals surface area contributed by atoms with Crippen LogP contribution in [0.1, 0.15) is 11.1 Å². The van der Waals surface area contributed by atoms with Crippen molar-refractivity contribution < 1.29 is 22.7 Å². The summed E-state index contributed by atoms with van der Waals surface area (Å²) in [5.41, 5.74) is -0.644. The lowest BCUT2D eigenvalue weighted by molar-refractivity contribution is -0.137. The lowest BCUT2D eigenvalue weighted by atomic mass is 10.1. The van der Waals surface area contributed by atoms with Crippen molar-refractivity contribution >= 4 is 12.0 Å². The monoisotopic (exact) mass is 298 g/mol. The van der Waals surface area contributed by atoms with Gasteiger partial charge >= 0.3 is 6.18 Å². The maximum atomic E-state index is 12.4.